The molecule has 2 aromatic carbocycles. The van der Waals surface area contributed by atoms with E-state index in [1.165, 1.54) is 6.07 Å². The van der Waals surface area contributed by atoms with E-state index >= 15 is 0 Å². The quantitative estimate of drug-likeness (QED) is 0.499. The number of benzene rings is 2. The van der Waals surface area contributed by atoms with E-state index in [1.807, 2.05) is 24.8 Å². The van der Waals surface area contributed by atoms with Crippen molar-refractivity contribution in [2.45, 2.75) is 51.0 Å². The average molecular weight is 509 g/mol. The van der Waals surface area contributed by atoms with Gasteiger partial charge in [-0.05, 0) is 49.9 Å². The van der Waals surface area contributed by atoms with Gasteiger partial charge in [0.1, 0.15) is 0 Å². The van der Waals surface area contributed by atoms with Gasteiger partial charge < -0.3 is 10.2 Å². The molecule has 2 amide bonds. The van der Waals surface area contributed by atoms with Gasteiger partial charge in [0.15, 0.2) is 0 Å². The predicted octanol–water partition coefficient (Wildman–Crippen LogP) is 4.11. The molecular weight excluding hydrogens is 476 g/mol. The van der Waals surface area contributed by atoms with E-state index < -0.39 is 10.0 Å². The number of hydrogen-bond donors (Lipinski definition) is 2. The Morgan fingerprint density at radius 2 is 1.83 bits per heavy atom. The van der Waals surface area contributed by atoms with Gasteiger partial charge in [0.05, 0.1) is 10.5 Å². The molecule has 0 bridgehead atoms. The van der Waals surface area contributed by atoms with Crippen LogP contribution in [0.2, 0.25) is 0 Å². The molecule has 9 heteroatoms. The summed E-state index contributed by atoms with van der Waals surface area (Å²) >= 11 is 0. The summed E-state index contributed by atoms with van der Waals surface area (Å²) in [5.74, 6) is -0.199. The van der Waals surface area contributed by atoms with Crippen LogP contribution in [0.1, 0.15) is 49.2 Å². The fourth-order valence-corrected chi connectivity index (χ4v) is 6.30. The lowest BCUT2D eigenvalue weighted by Crippen LogP contribution is -2.51. The fourth-order valence-electron chi connectivity index (χ4n) is 4.71. The summed E-state index contributed by atoms with van der Waals surface area (Å²) < 4.78 is 29.9. The number of carbonyl (C=O) groups excluding carboxylic acids is 2. The van der Waals surface area contributed by atoms with E-state index in [2.05, 4.69) is 15.0 Å². The van der Waals surface area contributed by atoms with Crippen LogP contribution in [0.5, 0.6) is 0 Å². The van der Waals surface area contributed by atoms with Gasteiger partial charge in [-0.25, -0.2) is 13.1 Å². The van der Waals surface area contributed by atoms with Gasteiger partial charge in [0.25, 0.3) is 5.91 Å². The third-order valence-corrected chi connectivity index (χ3v) is 8.25. The number of aryl methyl sites for hydroxylation is 1. The molecule has 1 fully saturated rings. The summed E-state index contributed by atoms with van der Waals surface area (Å²) in [6, 6.07) is 13.4. The van der Waals surface area contributed by atoms with Crippen molar-refractivity contribution in [3.63, 3.8) is 0 Å². The molecule has 1 saturated heterocycles. The number of amides is 2. The monoisotopic (exact) mass is 508 g/mol. The highest BCUT2D eigenvalue weighted by atomic mass is 32.2. The van der Waals surface area contributed by atoms with Crippen molar-refractivity contribution < 1.29 is 18.0 Å². The number of pyridine rings is 1. The summed E-state index contributed by atoms with van der Waals surface area (Å²) in [7, 11) is -3.85. The third kappa shape index (κ3) is 5.42. The molecule has 2 N–H and O–H groups in total. The first-order valence-electron chi connectivity index (χ1n) is 12.3. The largest absolute Gasteiger partial charge is 0.342 e. The number of rotatable bonds is 7. The minimum absolute atomic E-state index is 0.0121. The Balaban J connectivity index is 1.57. The van der Waals surface area contributed by atoms with Crippen LogP contribution >= 0.6 is 0 Å². The van der Waals surface area contributed by atoms with Crippen molar-refractivity contribution in [3.8, 4) is 0 Å². The number of anilines is 1. The number of piperidine rings is 1. The SMILES string of the molecule is CCCC(=O)N1CCC(NS(=O)(=O)c2ccc(NC(=O)c3cccnc3C)c3ccccc23)C(C)C1. The molecule has 3 aromatic rings. The lowest BCUT2D eigenvalue weighted by Gasteiger charge is -2.37. The lowest BCUT2D eigenvalue weighted by molar-refractivity contribution is -0.133. The van der Waals surface area contributed by atoms with Gasteiger partial charge in [0, 0.05) is 53.9 Å². The Hall–Kier alpha value is -3.30. The molecule has 1 aromatic heterocycles. The molecule has 0 saturated carbocycles. The van der Waals surface area contributed by atoms with Crippen LogP contribution < -0.4 is 10.0 Å². The topological polar surface area (TPSA) is 108 Å². The second kappa shape index (κ2) is 10.8. The molecule has 0 spiro atoms. The van der Waals surface area contributed by atoms with Crippen LogP contribution in [0, 0.1) is 12.8 Å². The van der Waals surface area contributed by atoms with E-state index in [1.54, 1.807) is 49.5 Å². The molecule has 2 heterocycles. The van der Waals surface area contributed by atoms with Crippen LogP contribution in [0.15, 0.2) is 59.6 Å². The van der Waals surface area contributed by atoms with E-state index in [0.717, 1.165) is 6.42 Å². The maximum absolute atomic E-state index is 13.5. The second-order valence-corrected chi connectivity index (χ2v) is 11.0. The highest BCUT2D eigenvalue weighted by Crippen LogP contribution is 2.31. The molecule has 8 nitrogen and oxygen atoms in total. The van der Waals surface area contributed by atoms with Gasteiger partial charge in [-0.15, -0.1) is 0 Å². The van der Waals surface area contributed by atoms with Crippen LogP contribution in [0.25, 0.3) is 10.8 Å². The molecule has 0 radical (unpaired) electrons. The Bertz CT molecular complexity index is 1390. The molecule has 1 aliphatic heterocycles. The van der Waals surface area contributed by atoms with Crippen LogP contribution in [-0.2, 0) is 14.8 Å². The lowest BCUT2D eigenvalue weighted by atomic mass is 9.94. The van der Waals surface area contributed by atoms with Crippen LogP contribution in [0.3, 0.4) is 0 Å². The van der Waals surface area contributed by atoms with Gasteiger partial charge in [-0.3, -0.25) is 14.6 Å². The Morgan fingerprint density at radius 3 is 2.53 bits per heavy atom. The van der Waals surface area contributed by atoms with Crippen molar-refractivity contribution in [1.29, 1.82) is 0 Å². The molecular formula is C27H32N4O4S. The first-order chi connectivity index (χ1) is 17.2. The smallest absolute Gasteiger partial charge is 0.257 e. The summed E-state index contributed by atoms with van der Waals surface area (Å²) in [5, 5.41) is 4.05. The zero-order valence-corrected chi connectivity index (χ0v) is 21.6. The number of sulfonamides is 1. The summed E-state index contributed by atoms with van der Waals surface area (Å²) in [5.41, 5.74) is 1.59. The van der Waals surface area contributed by atoms with E-state index in [9.17, 15) is 18.0 Å². The molecule has 1 aliphatic rings. The zero-order chi connectivity index (χ0) is 25.9. The highest BCUT2D eigenvalue weighted by Gasteiger charge is 2.32. The molecule has 2 unspecified atom stereocenters. The summed E-state index contributed by atoms with van der Waals surface area (Å²) in [6.07, 6.45) is 3.50. The van der Waals surface area contributed by atoms with E-state index in [4.69, 9.17) is 0 Å². The van der Waals surface area contributed by atoms with Gasteiger partial charge >= 0.3 is 0 Å². The zero-order valence-electron chi connectivity index (χ0n) is 20.8. The number of carbonyl (C=O) groups is 2. The Morgan fingerprint density at radius 1 is 1.08 bits per heavy atom. The number of nitrogens with one attached hydrogen (secondary N) is 2. The van der Waals surface area contributed by atoms with Gasteiger partial charge in [-0.1, -0.05) is 38.1 Å². The molecule has 0 aliphatic carbocycles. The van der Waals surface area contributed by atoms with E-state index in [-0.39, 0.29) is 28.7 Å². The van der Waals surface area contributed by atoms with Crippen molar-refractivity contribution in [2.24, 2.45) is 5.92 Å². The molecule has 190 valence electrons. The van der Waals surface area contributed by atoms with Crippen molar-refractivity contribution in [1.82, 2.24) is 14.6 Å². The first-order valence-corrected chi connectivity index (χ1v) is 13.7. The molecule has 2 atom stereocenters. The van der Waals surface area contributed by atoms with Crippen molar-refractivity contribution in [2.75, 3.05) is 18.4 Å². The average Bonchev–Trinajstić information content (AvgIpc) is 2.85. The van der Waals surface area contributed by atoms with Gasteiger partial charge in [0.2, 0.25) is 15.9 Å². The van der Waals surface area contributed by atoms with Crippen molar-refractivity contribution in [3.05, 3.63) is 66.0 Å². The maximum Gasteiger partial charge on any atom is 0.257 e. The maximum atomic E-state index is 13.5. The van der Waals surface area contributed by atoms with Crippen molar-refractivity contribution >= 4 is 38.3 Å². The fraction of sp³-hybridized carbons (Fsp3) is 0.370. The number of hydrogen-bond acceptors (Lipinski definition) is 5. The summed E-state index contributed by atoms with van der Waals surface area (Å²) in [6.45, 7) is 6.78. The van der Waals surface area contributed by atoms with E-state index in [0.29, 0.717) is 53.6 Å². The van der Waals surface area contributed by atoms with Crippen LogP contribution in [-0.4, -0.2) is 49.2 Å². The molecule has 36 heavy (non-hydrogen) atoms. The standard InChI is InChI=1S/C27H32N4O4S/c1-4-8-26(32)31-16-14-23(18(2)17-31)30-36(34,35)25-13-12-24(21-9-5-6-10-22(21)25)29-27(33)20-11-7-15-28-19(20)3/h5-7,9-13,15,18,23,30H,4,8,14,16-17H2,1-3H3,(H,29,33). The molecule has 4 rings (SSSR count). The highest BCUT2D eigenvalue weighted by molar-refractivity contribution is 7.89. The number of likely N-dealkylation sites (tertiary alicyclic amines) is 1. The second-order valence-electron chi connectivity index (χ2n) is 9.33. The van der Waals surface area contributed by atoms with Crippen LogP contribution in [0.4, 0.5) is 5.69 Å². The Labute approximate surface area is 212 Å². The summed E-state index contributed by atoms with van der Waals surface area (Å²) in [4.78, 5) is 31.3. The predicted molar refractivity (Wildman–Crippen MR) is 140 cm³/mol. The number of nitrogens with zero attached hydrogens (tertiary/aromatic N) is 2. The normalized spacial score (nSPS) is 18.2. The minimum Gasteiger partial charge on any atom is -0.342 e. The van der Waals surface area contributed by atoms with Gasteiger partial charge in [-0.2, -0.15) is 0 Å². The number of aromatic nitrogens is 1. The third-order valence-electron chi connectivity index (χ3n) is 6.70. The minimum atomic E-state index is -3.85. The first kappa shape index (κ1) is 25.8. The number of fused-ring (bicyclic) bond motifs is 1. The Kier molecular flexibility index (Phi) is 7.70.